The summed E-state index contributed by atoms with van der Waals surface area (Å²) in [6.07, 6.45) is 75.9. The van der Waals surface area contributed by atoms with Crippen molar-refractivity contribution in [3.05, 3.63) is 85.1 Å². The number of carbonyl (C=O) groups is 3. The first-order chi connectivity index (χ1) is 34.5. The van der Waals surface area contributed by atoms with Gasteiger partial charge in [-0.25, -0.2) is 0 Å². The molecule has 0 saturated heterocycles. The standard InChI is InChI=1S/C64H110O6/c1-4-7-10-13-16-19-22-25-28-30-32-34-36-39-42-45-48-51-54-57-63(66)69-60-61(59-68-62(65)56-53-50-47-44-41-38-27-24-21-18-15-12-9-6-3)70-64(67)58-55-52-49-46-43-40-37-35-33-31-29-26-23-20-17-14-11-8-5-2/h7,10,16,19,25,28,31-34,39,42,48,51,61H,4-6,8-9,11-15,17-18,20-24,26-27,29-30,35-38,40-41,43-47,49-50,52-60H2,1-3H3/b10-7-,19-16-,28-25-,33-31-,34-32-,42-39-,51-48-. The molecule has 0 spiro atoms. The highest BCUT2D eigenvalue weighted by molar-refractivity contribution is 5.71. The third-order valence-electron chi connectivity index (χ3n) is 12.6. The molecule has 0 aliphatic rings. The van der Waals surface area contributed by atoms with Crippen molar-refractivity contribution in [1.82, 2.24) is 0 Å². The van der Waals surface area contributed by atoms with E-state index in [1.807, 2.05) is 6.08 Å². The van der Waals surface area contributed by atoms with Gasteiger partial charge in [0.1, 0.15) is 13.2 Å². The molecule has 0 aliphatic heterocycles. The molecule has 0 amide bonds. The fourth-order valence-electron chi connectivity index (χ4n) is 8.23. The van der Waals surface area contributed by atoms with E-state index in [1.54, 1.807) is 0 Å². The molecule has 0 rings (SSSR count). The Kier molecular flexibility index (Phi) is 55.3. The van der Waals surface area contributed by atoms with Crippen LogP contribution in [0.5, 0.6) is 0 Å². The van der Waals surface area contributed by atoms with Gasteiger partial charge in [0.25, 0.3) is 0 Å². The molecule has 0 saturated carbocycles. The van der Waals surface area contributed by atoms with Gasteiger partial charge in [-0.2, -0.15) is 0 Å². The predicted molar refractivity (Wildman–Crippen MR) is 302 cm³/mol. The van der Waals surface area contributed by atoms with Gasteiger partial charge in [-0.3, -0.25) is 14.4 Å². The third kappa shape index (κ3) is 55.5. The Morgan fingerprint density at radius 2 is 0.586 bits per heavy atom. The Morgan fingerprint density at radius 1 is 0.300 bits per heavy atom. The summed E-state index contributed by atoms with van der Waals surface area (Å²) in [5, 5.41) is 0. The largest absolute Gasteiger partial charge is 0.462 e. The minimum absolute atomic E-state index is 0.0992. The van der Waals surface area contributed by atoms with Gasteiger partial charge in [-0.1, -0.05) is 266 Å². The van der Waals surface area contributed by atoms with Crippen LogP contribution < -0.4 is 0 Å². The van der Waals surface area contributed by atoms with E-state index in [9.17, 15) is 14.4 Å². The van der Waals surface area contributed by atoms with Crippen molar-refractivity contribution in [3.63, 3.8) is 0 Å². The van der Waals surface area contributed by atoms with Crippen LogP contribution in [0.4, 0.5) is 0 Å². The molecule has 0 N–H and O–H groups in total. The topological polar surface area (TPSA) is 78.9 Å². The maximum atomic E-state index is 12.9. The first-order valence-corrected chi connectivity index (χ1v) is 29.6. The normalized spacial score (nSPS) is 12.7. The third-order valence-corrected chi connectivity index (χ3v) is 12.6. The van der Waals surface area contributed by atoms with E-state index in [1.165, 1.54) is 161 Å². The predicted octanol–water partition coefficient (Wildman–Crippen LogP) is 19.9. The number of unbranched alkanes of at least 4 members (excludes halogenated alkanes) is 28. The van der Waals surface area contributed by atoms with Gasteiger partial charge in [-0.15, -0.1) is 0 Å². The van der Waals surface area contributed by atoms with Crippen molar-refractivity contribution in [2.45, 2.75) is 290 Å². The Morgan fingerprint density at radius 3 is 0.957 bits per heavy atom. The van der Waals surface area contributed by atoms with Gasteiger partial charge in [0.05, 0.1) is 0 Å². The zero-order chi connectivity index (χ0) is 50.7. The van der Waals surface area contributed by atoms with Crippen LogP contribution in [0.25, 0.3) is 0 Å². The zero-order valence-electron chi connectivity index (χ0n) is 46.0. The average Bonchev–Trinajstić information content (AvgIpc) is 3.36. The van der Waals surface area contributed by atoms with Gasteiger partial charge in [-0.05, 0) is 83.5 Å². The van der Waals surface area contributed by atoms with Gasteiger partial charge in [0.2, 0.25) is 0 Å². The first kappa shape index (κ1) is 66.6. The molecular formula is C64H110O6. The van der Waals surface area contributed by atoms with Crippen molar-refractivity contribution in [3.8, 4) is 0 Å². The summed E-state index contributed by atoms with van der Waals surface area (Å²) in [6.45, 7) is 6.48. The quantitative estimate of drug-likeness (QED) is 0.0261. The van der Waals surface area contributed by atoms with Crippen LogP contribution >= 0.6 is 0 Å². The summed E-state index contributed by atoms with van der Waals surface area (Å²) < 4.78 is 16.8. The highest BCUT2D eigenvalue weighted by Crippen LogP contribution is 2.16. The summed E-state index contributed by atoms with van der Waals surface area (Å²) in [5.41, 5.74) is 0. The van der Waals surface area contributed by atoms with Crippen molar-refractivity contribution in [2.75, 3.05) is 13.2 Å². The number of rotatable bonds is 53. The van der Waals surface area contributed by atoms with E-state index in [-0.39, 0.29) is 37.5 Å². The molecule has 0 radical (unpaired) electrons. The average molecular weight is 976 g/mol. The minimum Gasteiger partial charge on any atom is -0.462 e. The lowest BCUT2D eigenvalue weighted by atomic mass is 10.0. The molecule has 6 nitrogen and oxygen atoms in total. The minimum atomic E-state index is -0.808. The monoisotopic (exact) mass is 975 g/mol. The van der Waals surface area contributed by atoms with Crippen LogP contribution in [0.1, 0.15) is 284 Å². The summed E-state index contributed by atoms with van der Waals surface area (Å²) >= 11 is 0. The highest BCUT2D eigenvalue weighted by atomic mass is 16.6. The van der Waals surface area contributed by atoms with Crippen LogP contribution in [0.15, 0.2) is 85.1 Å². The molecule has 402 valence electrons. The number of carbonyl (C=O) groups excluding carboxylic acids is 3. The number of hydrogen-bond acceptors (Lipinski definition) is 6. The Hall–Kier alpha value is -3.41. The first-order valence-electron chi connectivity index (χ1n) is 29.6. The molecule has 70 heavy (non-hydrogen) atoms. The molecule has 0 heterocycles. The number of allylic oxidation sites excluding steroid dienone is 14. The number of ether oxygens (including phenoxy) is 3. The zero-order valence-corrected chi connectivity index (χ0v) is 46.0. The maximum absolute atomic E-state index is 12.9. The number of esters is 3. The molecular weight excluding hydrogens is 865 g/mol. The lowest BCUT2D eigenvalue weighted by Gasteiger charge is -2.18. The Labute approximate surface area is 433 Å². The van der Waals surface area contributed by atoms with E-state index < -0.39 is 6.10 Å². The van der Waals surface area contributed by atoms with Gasteiger partial charge >= 0.3 is 17.9 Å². The fraction of sp³-hybridized carbons (Fsp3) is 0.734. The molecule has 1 unspecified atom stereocenters. The van der Waals surface area contributed by atoms with Gasteiger partial charge < -0.3 is 14.2 Å². The van der Waals surface area contributed by atoms with E-state index in [4.69, 9.17) is 14.2 Å². The second-order valence-corrected chi connectivity index (χ2v) is 19.5. The maximum Gasteiger partial charge on any atom is 0.306 e. The molecule has 0 aromatic rings. The molecule has 0 fully saturated rings. The molecule has 0 bridgehead atoms. The Balaban J connectivity index is 4.47. The van der Waals surface area contributed by atoms with Gasteiger partial charge in [0, 0.05) is 19.3 Å². The molecule has 1 atom stereocenters. The van der Waals surface area contributed by atoms with Crippen molar-refractivity contribution < 1.29 is 28.6 Å². The second-order valence-electron chi connectivity index (χ2n) is 19.5. The van der Waals surface area contributed by atoms with Crippen molar-refractivity contribution in [1.29, 1.82) is 0 Å². The van der Waals surface area contributed by atoms with Crippen LogP contribution in [0.2, 0.25) is 0 Å². The number of hydrogen-bond donors (Lipinski definition) is 0. The van der Waals surface area contributed by atoms with Crippen molar-refractivity contribution in [2.24, 2.45) is 0 Å². The molecule has 0 aliphatic carbocycles. The van der Waals surface area contributed by atoms with E-state index in [0.717, 1.165) is 77.0 Å². The van der Waals surface area contributed by atoms with E-state index >= 15 is 0 Å². The smallest absolute Gasteiger partial charge is 0.306 e. The summed E-state index contributed by atoms with van der Waals surface area (Å²) in [7, 11) is 0. The summed E-state index contributed by atoms with van der Waals surface area (Å²) in [4.78, 5) is 38.2. The summed E-state index contributed by atoms with van der Waals surface area (Å²) in [6, 6.07) is 0. The van der Waals surface area contributed by atoms with Crippen LogP contribution in [0, 0.1) is 0 Å². The molecule has 0 aromatic carbocycles. The lowest BCUT2D eigenvalue weighted by Crippen LogP contribution is -2.30. The molecule has 6 heteroatoms. The van der Waals surface area contributed by atoms with Crippen molar-refractivity contribution >= 4 is 17.9 Å². The fourth-order valence-corrected chi connectivity index (χ4v) is 8.23. The Bertz CT molecular complexity index is 1350. The van der Waals surface area contributed by atoms with Crippen LogP contribution in [0.3, 0.4) is 0 Å². The lowest BCUT2D eigenvalue weighted by molar-refractivity contribution is -0.166. The second kappa shape index (κ2) is 58.2. The summed E-state index contributed by atoms with van der Waals surface area (Å²) in [5.74, 6) is -0.983. The van der Waals surface area contributed by atoms with Gasteiger partial charge in [0.15, 0.2) is 6.10 Å². The van der Waals surface area contributed by atoms with Crippen LogP contribution in [-0.2, 0) is 28.6 Å². The van der Waals surface area contributed by atoms with E-state index in [2.05, 4.69) is 99.8 Å². The molecule has 0 aromatic heterocycles. The SMILES string of the molecule is CC/C=C\C/C=C\C/C=C\C/C=C\C/C=C\C/C=C\CCC(=O)OCC(COC(=O)CCCCCCCCCCCCCCCC)OC(=O)CCCCCCCCC/C=C\CCCCCCCCCC. The van der Waals surface area contributed by atoms with Crippen LogP contribution in [-0.4, -0.2) is 37.2 Å². The highest BCUT2D eigenvalue weighted by Gasteiger charge is 2.19. The van der Waals surface area contributed by atoms with E-state index in [0.29, 0.717) is 19.3 Å².